The zero-order chi connectivity index (χ0) is 14.2. The van der Waals surface area contributed by atoms with E-state index in [0.717, 1.165) is 11.9 Å². The summed E-state index contributed by atoms with van der Waals surface area (Å²) in [5, 5.41) is 10.1. The van der Waals surface area contributed by atoms with Gasteiger partial charge < -0.3 is 9.67 Å². The Morgan fingerprint density at radius 2 is 2.35 bits per heavy atom. The second-order valence-electron chi connectivity index (χ2n) is 4.80. The van der Waals surface area contributed by atoms with E-state index in [0.29, 0.717) is 5.39 Å². The molecule has 0 saturated carbocycles. The number of carbonyl (C=O) groups is 1. The molecule has 1 unspecified atom stereocenters. The quantitative estimate of drug-likeness (QED) is 0.868. The highest BCUT2D eigenvalue weighted by Crippen LogP contribution is 2.33. The molecule has 4 nitrogen and oxygen atoms in total. The molecule has 3 rings (SSSR count). The first kappa shape index (κ1) is 12.4. The van der Waals surface area contributed by atoms with Crippen LogP contribution in [-0.2, 0) is 5.54 Å². The van der Waals surface area contributed by atoms with Gasteiger partial charge in [0.05, 0.1) is 22.8 Å². The molecule has 0 amide bonds. The Labute approximate surface area is 116 Å². The molecule has 1 atom stereocenters. The Kier molecular flexibility index (Phi) is 2.79. The van der Waals surface area contributed by atoms with Crippen molar-refractivity contribution in [3.8, 4) is 0 Å². The summed E-state index contributed by atoms with van der Waals surface area (Å²) in [5.74, 6) is -0.936. The van der Waals surface area contributed by atoms with Gasteiger partial charge in [0.25, 0.3) is 0 Å². The van der Waals surface area contributed by atoms with E-state index >= 15 is 0 Å². The van der Waals surface area contributed by atoms with Gasteiger partial charge in [0.2, 0.25) is 0 Å². The number of pyridine rings is 1. The van der Waals surface area contributed by atoms with Crippen LogP contribution >= 0.6 is 0 Å². The molecular formula is C16H14N2O2. The molecular weight excluding hydrogens is 252 g/mol. The van der Waals surface area contributed by atoms with Crippen molar-refractivity contribution in [2.24, 2.45) is 0 Å². The standard InChI is InChI=1S/C16H14N2O2/c1-2-16(7-4-3-5-8-16)18-11-13(15(19)20)12-6-9-17-10-14(12)18/h2-7,9-11H,1,8H2,(H,19,20). The highest BCUT2D eigenvalue weighted by Gasteiger charge is 2.29. The third-order valence-corrected chi connectivity index (χ3v) is 3.72. The average Bonchev–Trinajstić information content (AvgIpc) is 2.88. The number of carboxylic acid groups (broad SMARTS) is 1. The number of nitrogens with zero attached hydrogens (tertiary/aromatic N) is 2. The number of hydrogen-bond acceptors (Lipinski definition) is 2. The Morgan fingerprint density at radius 1 is 1.50 bits per heavy atom. The molecule has 2 aromatic heterocycles. The summed E-state index contributed by atoms with van der Waals surface area (Å²) in [6.45, 7) is 3.92. The number of rotatable bonds is 3. The zero-order valence-corrected chi connectivity index (χ0v) is 10.9. The maximum atomic E-state index is 11.4. The third kappa shape index (κ3) is 1.69. The molecule has 4 heteroatoms. The van der Waals surface area contributed by atoms with Crippen molar-refractivity contribution in [1.29, 1.82) is 0 Å². The monoisotopic (exact) mass is 266 g/mol. The first-order chi connectivity index (χ1) is 9.68. The normalized spacial score (nSPS) is 21.2. The van der Waals surface area contributed by atoms with Crippen LogP contribution in [0.5, 0.6) is 0 Å². The number of aromatic carboxylic acids is 1. The van der Waals surface area contributed by atoms with E-state index in [1.807, 2.05) is 34.9 Å². The van der Waals surface area contributed by atoms with Crippen LogP contribution in [0.4, 0.5) is 0 Å². The van der Waals surface area contributed by atoms with Crippen molar-refractivity contribution in [2.75, 3.05) is 0 Å². The van der Waals surface area contributed by atoms with Crippen molar-refractivity contribution in [1.82, 2.24) is 9.55 Å². The van der Waals surface area contributed by atoms with Crippen LogP contribution < -0.4 is 0 Å². The van der Waals surface area contributed by atoms with Gasteiger partial charge in [0.15, 0.2) is 0 Å². The van der Waals surface area contributed by atoms with Crippen LogP contribution in [-0.4, -0.2) is 20.6 Å². The van der Waals surface area contributed by atoms with E-state index in [9.17, 15) is 9.90 Å². The molecule has 20 heavy (non-hydrogen) atoms. The molecule has 100 valence electrons. The van der Waals surface area contributed by atoms with Crippen LogP contribution in [0.1, 0.15) is 16.8 Å². The van der Waals surface area contributed by atoms with Gasteiger partial charge in [-0.05, 0) is 12.5 Å². The molecule has 0 fully saturated rings. The summed E-state index contributed by atoms with van der Waals surface area (Å²) < 4.78 is 1.94. The van der Waals surface area contributed by atoms with E-state index in [1.165, 1.54) is 0 Å². The van der Waals surface area contributed by atoms with Crippen molar-refractivity contribution < 1.29 is 9.90 Å². The zero-order valence-electron chi connectivity index (χ0n) is 10.9. The summed E-state index contributed by atoms with van der Waals surface area (Å²) in [7, 11) is 0. The fourth-order valence-electron chi connectivity index (χ4n) is 2.64. The SMILES string of the molecule is C=CC1(n2cc(C(=O)O)c3ccncc32)C=CC=CC1. The summed E-state index contributed by atoms with van der Waals surface area (Å²) >= 11 is 0. The molecule has 0 spiro atoms. The van der Waals surface area contributed by atoms with Crippen LogP contribution in [0.25, 0.3) is 10.9 Å². The maximum Gasteiger partial charge on any atom is 0.337 e. The minimum atomic E-state index is -0.936. The van der Waals surface area contributed by atoms with Crippen molar-refractivity contribution in [2.45, 2.75) is 12.0 Å². The predicted octanol–water partition coefficient (Wildman–Crippen LogP) is 3.13. The first-order valence-corrected chi connectivity index (χ1v) is 6.35. The summed E-state index contributed by atoms with van der Waals surface area (Å²) in [4.78, 5) is 15.5. The van der Waals surface area contributed by atoms with E-state index < -0.39 is 11.5 Å². The van der Waals surface area contributed by atoms with Gasteiger partial charge >= 0.3 is 5.97 Å². The average molecular weight is 266 g/mol. The van der Waals surface area contributed by atoms with Gasteiger partial charge in [0, 0.05) is 17.8 Å². The summed E-state index contributed by atoms with van der Waals surface area (Å²) in [5.41, 5.74) is 0.639. The minimum absolute atomic E-state index is 0.284. The van der Waals surface area contributed by atoms with Crippen molar-refractivity contribution >= 4 is 16.9 Å². The first-order valence-electron chi connectivity index (χ1n) is 6.35. The number of hydrogen-bond donors (Lipinski definition) is 1. The van der Waals surface area contributed by atoms with E-state index in [4.69, 9.17) is 0 Å². The lowest BCUT2D eigenvalue weighted by atomic mass is 9.91. The van der Waals surface area contributed by atoms with E-state index in [-0.39, 0.29) is 5.56 Å². The van der Waals surface area contributed by atoms with E-state index in [1.54, 1.807) is 24.7 Å². The maximum absolute atomic E-state index is 11.4. The van der Waals surface area contributed by atoms with Gasteiger partial charge in [0.1, 0.15) is 0 Å². The topological polar surface area (TPSA) is 55.1 Å². The molecule has 0 saturated heterocycles. The highest BCUT2D eigenvalue weighted by atomic mass is 16.4. The number of carboxylic acids is 1. The molecule has 2 aromatic rings. The Bertz CT molecular complexity index is 755. The molecule has 0 bridgehead atoms. The van der Waals surface area contributed by atoms with Crippen LogP contribution in [0, 0.1) is 0 Å². The largest absolute Gasteiger partial charge is 0.478 e. The van der Waals surface area contributed by atoms with Crippen LogP contribution in [0.3, 0.4) is 0 Å². The molecule has 1 aliphatic carbocycles. The second-order valence-corrected chi connectivity index (χ2v) is 4.80. The lowest BCUT2D eigenvalue weighted by Crippen LogP contribution is -2.28. The molecule has 0 radical (unpaired) electrons. The fraction of sp³-hybridized carbons (Fsp3) is 0.125. The Morgan fingerprint density at radius 3 is 3.00 bits per heavy atom. The Balaban J connectivity index is 2.31. The van der Waals surface area contributed by atoms with Crippen LogP contribution in [0.2, 0.25) is 0 Å². The summed E-state index contributed by atoms with van der Waals surface area (Å²) in [6, 6.07) is 1.73. The number of allylic oxidation sites excluding steroid dienone is 5. The predicted molar refractivity (Wildman–Crippen MR) is 77.8 cm³/mol. The molecule has 1 N–H and O–H groups in total. The Hall–Kier alpha value is -2.62. The lowest BCUT2D eigenvalue weighted by molar-refractivity contribution is 0.0698. The van der Waals surface area contributed by atoms with E-state index in [2.05, 4.69) is 11.6 Å². The molecule has 0 aromatic carbocycles. The highest BCUT2D eigenvalue weighted by molar-refractivity contribution is 6.03. The molecule has 0 aliphatic heterocycles. The number of aromatic nitrogens is 2. The van der Waals surface area contributed by atoms with Crippen molar-refractivity contribution in [3.05, 3.63) is 67.2 Å². The van der Waals surface area contributed by atoms with Gasteiger partial charge in [-0.1, -0.05) is 30.4 Å². The third-order valence-electron chi connectivity index (χ3n) is 3.72. The van der Waals surface area contributed by atoms with Crippen molar-refractivity contribution in [3.63, 3.8) is 0 Å². The van der Waals surface area contributed by atoms with Gasteiger partial charge in [-0.2, -0.15) is 0 Å². The minimum Gasteiger partial charge on any atom is -0.478 e. The van der Waals surface area contributed by atoms with Crippen LogP contribution in [0.15, 0.2) is 61.6 Å². The molecule has 2 heterocycles. The van der Waals surface area contributed by atoms with Gasteiger partial charge in [-0.3, -0.25) is 4.98 Å². The second kappa shape index (κ2) is 4.49. The summed E-state index contributed by atoms with van der Waals surface area (Å²) in [6.07, 6.45) is 15.5. The van der Waals surface area contributed by atoms with Gasteiger partial charge in [-0.15, -0.1) is 6.58 Å². The fourth-order valence-corrected chi connectivity index (χ4v) is 2.64. The molecule has 1 aliphatic rings. The lowest BCUT2D eigenvalue weighted by Gasteiger charge is -2.30. The number of fused-ring (bicyclic) bond motifs is 1. The van der Waals surface area contributed by atoms with Gasteiger partial charge in [-0.25, -0.2) is 4.79 Å². The smallest absolute Gasteiger partial charge is 0.337 e.